The molecule has 0 radical (unpaired) electrons. The fourth-order valence-corrected chi connectivity index (χ4v) is 2.39. The van der Waals surface area contributed by atoms with Gasteiger partial charge in [0.05, 0.1) is 4.92 Å². The molecule has 0 bridgehead atoms. The summed E-state index contributed by atoms with van der Waals surface area (Å²) in [5.74, 6) is 0.551. The Bertz CT molecular complexity index is 440. The van der Waals surface area contributed by atoms with E-state index >= 15 is 0 Å². The minimum absolute atomic E-state index is 0.189. The minimum Gasteiger partial charge on any atom is -0.317 e. The van der Waals surface area contributed by atoms with Crippen molar-refractivity contribution in [3.63, 3.8) is 0 Å². The lowest BCUT2D eigenvalue weighted by molar-refractivity contribution is -0.386. The molecule has 6 nitrogen and oxygen atoms in total. The summed E-state index contributed by atoms with van der Waals surface area (Å²) in [4.78, 5) is 10.9. The van der Waals surface area contributed by atoms with Gasteiger partial charge in [-0.2, -0.15) is 5.10 Å². The van der Waals surface area contributed by atoms with Crippen LogP contribution in [0.2, 0.25) is 0 Å². The van der Waals surface area contributed by atoms with Crippen LogP contribution in [0.4, 0.5) is 5.69 Å². The monoisotopic (exact) mass is 268 g/mol. The predicted molar refractivity (Wildman–Crippen MR) is 75.2 cm³/mol. The van der Waals surface area contributed by atoms with E-state index in [4.69, 9.17) is 0 Å². The van der Waals surface area contributed by atoms with E-state index in [-0.39, 0.29) is 16.7 Å². The van der Waals surface area contributed by atoms with E-state index in [2.05, 4.69) is 24.3 Å². The van der Waals surface area contributed by atoms with Gasteiger partial charge in [-0.3, -0.25) is 14.8 Å². The zero-order chi connectivity index (χ0) is 14.6. The van der Waals surface area contributed by atoms with Gasteiger partial charge in [0, 0.05) is 19.5 Å². The summed E-state index contributed by atoms with van der Waals surface area (Å²) < 4.78 is 1.65. The summed E-state index contributed by atoms with van der Waals surface area (Å²) in [5.41, 5.74) is 1.47. The van der Waals surface area contributed by atoms with Crippen LogP contribution in [-0.4, -0.2) is 27.8 Å². The van der Waals surface area contributed by atoms with Gasteiger partial charge in [-0.05, 0) is 25.8 Å². The highest BCUT2D eigenvalue weighted by Gasteiger charge is 2.27. The Labute approximate surface area is 114 Å². The number of likely N-dealkylation sites (N-methyl/N-ethyl adjacent to an activating group) is 1. The van der Waals surface area contributed by atoms with Crippen LogP contribution in [0, 0.1) is 16.0 Å². The highest BCUT2D eigenvalue weighted by Crippen LogP contribution is 2.25. The molecule has 0 fully saturated rings. The summed E-state index contributed by atoms with van der Waals surface area (Å²) in [6.07, 6.45) is 2.20. The molecule has 1 aromatic rings. The number of hydrogen-bond donors (Lipinski definition) is 1. The molecule has 1 aromatic heterocycles. The molecule has 0 aliphatic rings. The van der Waals surface area contributed by atoms with Gasteiger partial charge >= 0.3 is 5.69 Å². The normalized spacial score (nSPS) is 12.9. The van der Waals surface area contributed by atoms with Gasteiger partial charge in [-0.15, -0.1) is 0 Å². The number of hydrogen-bond acceptors (Lipinski definition) is 4. The van der Waals surface area contributed by atoms with E-state index in [0.29, 0.717) is 30.1 Å². The van der Waals surface area contributed by atoms with E-state index < -0.39 is 0 Å². The fourth-order valence-electron chi connectivity index (χ4n) is 2.39. The number of nitrogens with one attached hydrogen (secondary N) is 1. The van der Waals surface area contributed by atoms with Crippen molar-refractivity contribution < 1.29 is 4.92 Å². The van der Waals surface area contributed by atoms with Crippen molar-refractivity contribution in [2.24, 2.45) is 13.0 Å². The average Bonchev–Trinajstić information content (AvgIpc) is 2.64. The Balaban J connectivity index is 3.05. The van der Waals surface area contributed by atoms with Crippen LogP contribution >= 0.6 is 0 Å². The second-order valence-electron chi connectivity index (χ2n) is 5.30. The molecular formula is C13H24N4O2. The summed E-state index contributed by atoms with van der Waals surface area (Å²) >= 11 is 0. The van der Waals surface area contributed by atoms with E-state index in [9.17, 15) is 10.1 Å². The van der Waals surface area contributed by atoms with Crippen LogP contribution < -0.4 is 5.32 Å². The molecule has 108 valence electrons. The van der Waals surface area contributed by atoms with Crippen LogP contribution in [0.15, 0.2) is 0 Å². The maximum atomic E-state index is 11.2. The minimum atomic E-state index is -0.302. The molecule has 1 N–H and O–H groups in total. The zero-order valence-corrected chi connectivity index (χ0v) is 12.4. The topological polar surface area (TPSA) is 73.0 Å². The lowest BCUT2D eigenvalue weighted by Crippen LogP contribution is -2.30. The maximum Gasteiger partial charge on any atom is 0.313 e. The van der Waals surface area contributed by atoms with Crippen molar-refractivity contribution in [3.05, 3.63) is 21.5 Å². The fraction of sp³-hybridized carbons (Fsp3) is 0.769. The molecule has 0 spiro atoms. The third-order valence-corrected chi connectivity index (χ3v) is 3.33. The van der Waals surface area contributed by atoms with Crippen molar-refractivity contribution in [2.75, 3.05) is 7.05 Å². The average molecular weight is 268 g/mol. The molecule has 19 heavy (non-hydrogen) atoms. The lowest BCUT2D eigenvalue weighted by atomic mass is 9.99. The molecule has 1 unspecified atom stereocenters. The number of nitrogens with zero attached hydrogens (tertiary/aromatic N) is 3. The van der Waals surface area contributed by atoms with E-state index in [1.807, 2.05) is 14.0 Å². The van der Waals surface area contributed by atoms with Gasteiger partial charge in [-0.25, -0.2) is 0 Å². The highest BCUT2D eigenvalue weighted by molar-refractivity contribution is 5.41. The summed E-state index contributed by atoms with van der Waals surface area (Å²) in [6, 6.07) is 0.235. The zero-order valence-electron chi connectivity index (χ0n) is 12.4. The predicted octanol–water partition coefficient (Wildman–Crippen LogP) is 2.07. The van der Waals surface area contributed by atoms with Gasteiger partial charge in [0.1, 0.15) is 11.4 Å². The SMILES string of the molecule is CCc1nn(C)c(CC(CC(C)C)NC)c1[N+](=O)[O-]. The van der Waals surface area contributed by atoms with Gasteiger partial charge < -0.3 is 5.32 Å². The van der Waals surface area contributed by atoms with Crippen LogP contribution in [0.25, 0.3) is 0 Å². The maximum absolute atomic E-state index is 11.2. The number of nitro groups is 1. The molecule has 0 saturated carbocycles. The molecule has 0 saturated heterocycles. The van der Waals surface area contributed by atoms with Gasteiger partial charge in [-0.1, -0.05) is 20.8 Å². The molecule has 6 heteroatoms. The first-order chi connectivity index (χ1) is 8.90. The lowest BCUT2D eigenvalue weighted by Gasteiger charge is -2.17. The molecule has 0 aromatic carbocycles. The molecule has 1 atom stereocenters. The standard InChI is InChI=1S/C13H24N4O2/c1-6-11-13(17(18)19)12(16(5)15-11)8-10(14-4)7-9(2)3/h9-10,14H,6-8H2,1-5H3. The van der Waals surface area contributed by atoms with Crippen molar-refractivity contribution in [2.45, 2.75) is 46.1 Å². The Hall–Kier alpha value is -1.43. The number of aromatic nitrogens is 2. The quantitative estimate of drug-likeness (QED) is 0.607. The largest absolute Gasteiger partial charge is 0.317 e. The second kappa shape index (κ2) is 6.65. The van der Waals surface area contributed by atoms with Crippen molar-refractivity contribution in [1.82, 2.24) is 15.1 Å². The van der Waals surface area contributed by atoms with Gasteiger partial charge in [0.2, 0.25) is 0 Å². The van der Waals surface area contributed by atoms with Crippen molar-refractivity contribution in [1.29, 1.82) is 0 Å². The molecule has 0 aliphatic carbocycles. The van der Waals surface area contributed by atoms with E-state index in [0.717, 1.165) is 6.42 Å². The van der Waals surface area contributed by atoms with Crippen LogP contribution in [0.5, 0.6) is 0 Å². The van der Waals surface area contributed by atoms with Crippen LogP contribution in [0.3, 0.4) is 0 Å². The summed E-state index contributed by atoms with van der Waals surface area (Å²) in [5, 5.41) is 18.7. The van der Waals surface area contributed by atoms with Crippen LogP contribution in [0.1, 0.15) is 38.6 Å². The van der Waals surface area contributed by atoms with Crippen molar-refractivity contribution >= 4 is 5.69 Å². The number of aryl methyl sites for hydroxylation is 2. The van der Waals surface area contributed by atoms with E-state index in [1.54, 1.807) is 11.7 Å². The first-order valence-electron chi connectivity index (χ1n) is 6.77. The molecule has 0 amide bonds. The third-order valence-electron chi connectivity index (χ3n) is 3.33. The Morgan fingerprint density at radius 3 is 2.53 bits per heavy atom. The summed E-state index contributed by atoms with van der Waals surface area (Å²) in [6.45, 7) is 6.20. The third kappa shape index (κ3) is 3.76. The summed E-state index contributed by atoms with van der Waals surface area (Å²) in [7, 11) is 3.68. The van der Waals surface area contributed by atoms with Crippen molar-refractivity contribution in [3.8, 4) is 0 Å². The number of rotatable bonds is 7. The molecule has 1 rings (SSSR count). The molecular weight excluding hydrogens is 244 g/mol. The Morgan fingerprint density at radius 1 is 1.47 bits per heavy atom. The van der Waals surface area contributed by atoms with Crippen LogP contribution in [-0.2, 0) is 19.9 Å². The highest BCUT2D eigenvalue weighted by atomic mass is 16.6. The Morgan fingerprint density at radius 2 is 2.11 bits per heavy atom. The smallest absolute Gasteiger partial charge is 0.313 e. The first kappa shape index (κ1) is 15.6. The Kier molecular flexibility index (Phi) is 5.47. The molecule has 0 aliphatic heterocycles. The molecule has 1 heterocycles. The van der Waals surface area contributed by atoms with Gasteiger partial charge in [0.25, 0.3) is 0 Å². The van der Waals surface area contributed by atoms with Gasteiger partial charge in [0.15, 0.2) is 0 Å². The second-order valence-corrected chi connectivity index (χ2v) is 5.30. The first-order valence-corrected chi connectivity index (χ1v) is 6.77. The van der Waals surface area contributed by atoms with E-state index in [1.165, 1.54) is 0 Å².